The van der Waals surface area contributed by atoms with Crippen molar-refractivity contribution in [2.45, 2.75) is 13.8 Å². The number of allylic oxidation sites excluding steroid dienone is 2. The quantitative estimate of drug-likeness (QED) is 0.264. The number of benzene rings is 2. The minimum absolute atomic E-state index is 0. The fourth-order valence-corrected chi connectivity index (χ4v) is 2.61. The van der Waals surface area contributed by atoms with Gasteiger partial charge in [0.25, 0.3) is 0 Å². The molecule has 0 aliphatic carbocycles. The topological polar surface area (TPSA) is 77.9 Å². The fraction of sp³-hybridized carbons (Fsp3) is 0.217. The third-order valence-electron chi connectivity index (χ3n) is 3.89. The summed E-state index contributed by atoms with van der Waals surface area (Å²) in [6, 6.07) is 16.5. The Bertz CT molecular complexity index is 1030. The van der Waals surface area contributed by atoms with E-state index in [9.17, 15) is 4.79 Å². The van der Waals surface area contributed by atoms with Crippen LogP contribution in [0.15, 0.2) is 54.3 Å². The van der Waals surface area contributed by atoms with Crippen molar-refractivity contribution in [3.8, 4) is 28.5 Å². The van der Waals surface area contributed by atoms with Crippen molar-refractivity contribution in [1.29, 1.82) is 0 Å². The van der Waals surface area contributed by atoms with Crippen LogP contribution >= 0.6 is 0 Å². The van der Waals surface area contributed by atoms with E-state index in [1.54, 1.807) is 21.3 Å². The van der Waals surface area contributed by atoms with Gasteiger partial charge in [-0.2, -0.15) is 0 Å². The van der Waals surface area contributed by atoms with Gasteiger partial charge in [0.05, 0.1) is 32.6 Å². The number of rotatable bonds is 5. The molecule has 1 radical (unpaired) electrons. The first-order chi connectivity index (χ1) is 13.9. The molecule has 0 fully saturated rings. The van der Waals surface area contributed by atoms with Crippen molar-refractivity contribution < 1.29 is 44.2 Å². The van der Waals surface area contributed by atoms with Gasteiger partial charge in [0.2, 0.25) is 0 Å². The Morgan fingerprint density at radius 3 is 2.20 bits per heavy atom. The van der Waals surface area contributed by atoms with Gasteiger partial charge >= 0.3 is 0 Å². The summed E-state index contributed by atoms with van der Waals surface area (Å²) >= 11 is 0. The van der Waals surface area contributed by atoms with Gasteiger partial charge in [0, 0.05) is 43.4 Å². The average molecular weight is 587 g/mol. The molecule has 0 saturated heterocycles. The van der Waals surface area contributed by atoms with Crippen LogP contribution in [0.4, 0.5) is 0 Å². The van der Waals surface area contributed by atoms with Gasteiger partial charge in [-0.3, -0.25) is 9.78 Å². The number of hydrogen-bond donors (Lipinski definition) is 1. The van der Waals surface area contributed by atoms with Crippen molar-refractivity contribution in [1.82, 2.24) is 4.98 Å². The number of aliphatic hydroxyl groups excluding tert-OH is 1. The summed E-state index contributed by atoms with van der Waals surface area (Å²) in [5.74, 6) is 2.07. The van der Waals surface area contributed by atoms with E-state index in [1.807, 2.05) is 42.5 Å². The van der Waals surface area contributed by atoms with Crippen molar-refractivity contribution in [3.05, 3.63) is 60.4 Å². The summed E-state index contributed by atoms with van der Waals surface area (Å²) in [5, 5.41) is 9.35. The monoisotopic (exact) mass is 587 g/mol. The Hall–Kier alpha value is -2.89. The van der Waals surface area contributed by atoms with E-state index in [-0.39, 0.29) is 31.6 Å². The molecule has 0 aliphatic heterocycles. The van der Waals surface area contributed by atoms with Gasteiger partial charge in [-0.25, -0.2) is 0 Å². The number of pyridine rings is 1. The molecule has 30 heavy (non-hydrogen) atoms. The third-order valence-corrected chi connectivity index (χ3v) is 3.89. The smallest absolute Gasteiger partial charge is 0.162 e. The van der Waals surface area contributed by atoms with Gasteiger partial charge in [0.1, 0.15) is 0 Å². The van der Waals surface area contributed by atoms with E-state index in [4.69, 9.17) is 19.3 Å². The Labute approximate surface area is 189 Å². The van der Waals surface area contributed by atoms with E-state index in [1.165, 1.54) is 19.9 Å². The van der Waals surface area contributed by atoms with E-state index in [0.717, 1.165) is 27.9 Å². The van der Waals surface area contributed by atoms with E-state index in [2.05, 4.69) is 11.1 Å². The van der Waals surface area contributed by atoms with E-state index in [0.29, 0.717) is 11.5 Å². The molecule has 161 valence electrons. The van der Waals surface area contributed by atoms with Gasteiger partial charge in [-0.1, -0.05) is 12.1 Å². The van der Waals surface area contributed by atoms with E-state index < -0.39 is 0 Å². The molecule has 3 aromatic rings. The van der Waals surface area contributed by atoms with Gasteiger partial charge < -0.3 is 19.3 Å². The molecule has 1 aromatic heterocycles. The number of nitrogens with zero attached hydrogens (tertiary/aromatic N) is 1. The zero-order valence-electron chi connectivity index (χ0n) is 17.5. The molecular formula is C23H24IrNO5-. The standard InChI is InChI=1S/C18H16NO3.C5H8O2.Ir/c1-20-14-6-4-5-12(9-14)15-8-7-13-10-17(21-2)18(22-3)11-16(13)19-15;1-4(6)3-5(2)7;/h4,6-11H,1-3H3;3,6H,1-2H3;/q-1;;/b;4-3-;. The molecule has 0 saturated carbocycles. The molecule has 7 heteroatoms. The Kier molecular flexibility index (Phi) is 10.0. The first-order valence-electron chi connectivity index (χ1n) is 8.84. The summed E-state index contributed by atoms with van der Waals surface area (Å²) < 4.78 is 15.9. The molecule has 3 rings (SSSR count). The summed E-state index contributed by atoms with van der Waals surface area (Å²) in [5.41, 5.74) is 2.56. The summed E-state index contributed by atoms with van der Waals surface area (Å²) in [4.78, 5) is 14.7. The van der Waals surface area contributed by atoms with Gasteiger partial charge in [-0.15, -0.1) is 29.8 Å². The van der Waals surface area contributed by atoms with Crippen LogP contribution in [0, 0.1) is 6.07 Å². The number of fused-ring (bicyclic) bond motifs is 1. The number of methoxy groups -OCH3 is 3. The van der Waals surface area contributed by atoms with Crippen molar-refractivity contribution in [2.75, 3.05) is 21.3 Å². The van der Waals surface area contributed by atoms with Gasteiger partial charge in [0.15, 0.2) is 17.3 Å². The summed E-state index contributed by atoms with van der Waals surface area (Å²) in [6.07, 6.45) is 1.17. The first kappa shape index (κ1) is 25.1. The Balaban J connectivity index is 0.000000489. The van der Waals surface area contributed by atoms with E-state index >= 15 is 0 Å². The van der Waals surface area contributed by atoms with Crippen LogP contribution in [-0.2, 0) is 24.9 Å². The molecule has 6 nitrogen and oxygen atoms in total. The minimum Gasteiger partial charge on any atom is -0.516 e. The molecule has 0 atom stereocenters. The number of aliphatic hydroxyl groups is 1. The minimum atomic E-state index is -0.125. The fourth-order valence-electron chi connectivity index (χ4n) is 2.61. The number of ether oxygens (including phenoxy) is 3. The molecular weight excluding hydrogens is 562 g/mol. The molecule has 1 heterocycles. The predicted octanol–water partition coefficient (Wildman–Crippen LogP) is 4.76. The maximum absolute atomic E-state index is 10.0. The Morgan fingerprint density at radius 1 is 1.00 bits per heavy atom. The number of carbonyl (C=O) groups excluding carboxylic acids is 1. The van der Waals surface area contributed by atoms with Crippen LogP contribution in [0.2, 0.25) is 0 Å². The Morgan fingerprint density at radius 2 is 1.67 bits per heavy atom. The average Bonchev–Trinajstić information content (AvgIpc) is 2.71. The first-order valence-corrected chi connectivity index (χ1v) is 8.84. The number of hydrogen-bond acceptors (Lipinski definition) is 6. The second-order valence-corrected chi connectivity index (χ2v) is 6.13. The molecule has 0 bridgehead atoms. The number of carbonyl (C=O) groups is 1. The van der Waals surface area contributed by atoms with Crippen LogP contribution < -0.4 is 14.2 Å². The van der Waals surface area contributed by atoms with Crippen LogP contribution in [0.1, 0.15) is 13.8 Å². The van der Waals surface area contributed by atoms with Crippen LogP contribution in [0.3, 0.4) is 0 Å². The molecule has 0 unspecified atom stereocenters. The third kappa shape index (κ3) is 6.86. The van der Waals surface area contributed by atoms with Crippen molar-refractivity contribution in [2.24, 2.45) is 0 Å². The largest absolute Gasteiger partial charge is 0.516 e. The van der Waals surface area contributed by atoms with Crippen LogP contribution in [0.25, 0.3) is 22.2 Å². The molecule has 0 spiro atoms. The van der Waals surface area contributed by atoms with Crippen LogP contribution in [-0.4, -0.2) is 37.2 Å². The summed E-state index contributed by atoms with van der Waals surface area (Å²) in [7, 11) is 4.88. The molecule has 0 aliphatic rings. The molecule has 0 amide bonds. The molecule has 2 aromatic carbocycles. The summed E-state index contributed by atoms with van der Waals surface area (Å²) in [6.45, 7) is 2.85. The zero-order valence-corrected chi connectivity index (χ0v) is 19.9. The maximum Gasteiger partial charge on any atom is 0.162 e. The maximum atomic E-state index is 10.0. The van der Waals surface area contributed by atoms with Gasteiger partial charge in [-0.05, 0) is 25.6 Å². The van der Waals surface area contributed by atoms with Crippen LogP contribution in [0.5, 0.6) is 17.2 Å². The second-order valence-electron chi connectivity index (χ2n) is 6.13. The number of aromatic nitrogens is 1. The van der Waals surface area contributed by atoms with Crippen molar-refractivity contribution in [3.63, 3.8) is 0 Å². The SMILES string of the molecule is CC(=O)/C=C(/C)O.COc1cc[c-]c(-c2ccc3cc(OC)c(OC)cc3n2)c1.[Ir]. The normalized spacial score (nSPS) is 10.4. The second kappa shape index (κ2) is 12.0. The molecule has 1 N–H and O–H groups in total. The van der Waals surface area contributed by atoms with Crippen molar-refractivity contribution >= 4 is 16.7 Å². The predicted molar refractivity (Wildman–Crippen MR) is 113 cm³/mol. The zero-order chi connectivity index (χ0) is 21.4. The number of ketones is 1.